The number of anilines is 2. The number of hydrogen-bond donors (Lipinski definition) is 2. The summed E-state index contributed by atoms with van der Waals surface area (Å²) in [5.41, 5.74) is 2.31. The number of benzene rings is 2. The molecule has 1 aliphatic rings. The fourth-order valence-corrected chi connectivity index (χ4v) is 2.70. The third kappa shape index (κ3) is 3.71. The van der Waals surface area contributed by atoms with E-state index in [0.29, 0.717) is 12.2 Å². The third-order valence-corrected chi connectivity index (χ3v) is 3.89. The normalized spacial score (nSPS) is 17.0. The Labute approximate surface area is 139 Å². The predicted molar refractivity (Wildman–Crippen MR) is 90.5 cm³/mol. The van der Waals surface area contributed by atoms with Crippen molar-refractivity contribution in [1.82, 2.24) is 5.32 Å². The maximum absolute atomic E-state index is 13.1. The van der Waals surface area contributed by atoms with E-state index in [1.165, 1.54) is 18.2 Å². The fourth-order valence-electron chi connectivity index (χ4n) is 2.70. The van der Waals surface area contributed by atoms with E-state index < -0.39 is 11.8 Å². The first-order chi connectivity index (χ1) is 11.5. The van der Waals surface area contributed by atoms with Crippen LogP contribution < -0.4 is 15.5 Å². The molecule has 1 saturated heterocycles. The van der Waals surface area contributed by atoms with Crippen LogP contribution in [0.4, 0.5) is 20.6 Å². The standard InChI is InChI=1S/C18H18FN3O2/c1-12-5-7-16(8-6-12)22-11-15(10-17(22)23)21-18(24)20-14-4-2-3-13(19)9-14/h2-9,15H,10-11H2,1H3,(H2,20,21,24)/t15-/m1/s1. The highest BCUT2D eigenvalue weighted by atomic mass is 19.1. The molecule has 2 aromatic rings. The van der Waals surface area contributed by atoms with Gasteiger partial charge < -0.3 is 15.5 Å². The molecule has 0 saturated carbocycles. The lowest BCUT2D eigenvalue weighted by Gasteiger charge is -2.17. The van der Waals surface area contributed by atoms with Crippen molar-refractivity contribution in [2.45, 2.75) is 19.4 Å². The van der Waals surface area contributed by atoms with Crippen molar-refractivity contribution in [1.29, 1.82) is 0 Å². The summed E-state index contributed by atoms with van der Waals surface area (Å²) in [6.45, 7) is 2.40. The minimum atomic E-state index is -0.454. The lowest BCUT2D eigenvalue weighted by Crippen LogP contribution is -2.39. The lowest BCUT2D eigenvalue weighted by atomic mass is 10.2. The van der Waals surface area contributed by atoms with Gasteiger partial charge in [-0.15, -0.1) is 0 Å². The first kappa shape index (κ1) is 16.0. The number of hydrogen-bond acceptors (Lipinski definition) is 2. The summed E-state index contributed by atoms with van der Waals surface area (Å²) in [5, 5.41) is 5.32. The number of carbonyl (C=O) groups is 2. The van der Waals surface area contributed by atoms with Gasteiger partial charge in [-0.1, -0.05) is 23.8 Å². The van der Waals surface area contributed by atoms with Gasteiger partial charge in [0.05, 0.1) is 6.04 Å². The summed E-state index contributed by atoms with van der Waals surface area (Å²) in [6, 6.07) is 12.6. The van der Waals surface area contributed by atoms with Gasteiger partial charge in [0.15, 0.2) is 0 Å². The third-order valence-electron chi connectivity index (χ3n) is 3.89. The molecule has 1 aliphatic heterocycles. The summed E-state index contributed by atoms with van der Waals surface area (Å²) < 4.78 is 13.1. The Morgan fingerprint density at radius 2 is 1.96 bits per heavy atom. The highest BCUT2D eigenvalue weighted by Gasteiger charge is 2.31. The molecule has 5 nitrogen and oxygen atoms in total. The van der Waals surface area contributed by atoms with E-state index >= 15 is 0 Å². The quantitative estimate of drug-likeness (QED) is 0.910. The summed E-state index contributed by atoms with van der Waals surface area (Å²) in [5.74, 6) is -0.454. The summed E-state index contributed by atoms with van der Waals surface area (Å²) in [7, 11) is 0. The van der Waals surface area contributed by atoms with Gasteiger partial charge in [0.25, 0.3) is 0 Å². The van der Waals surface area contributed by atoms with Gasteiger partial charge in [-0.25, -0.2) is 9.18 Å². The minimum absolute atomic E-state index is 0.0325. The van der Waals surface area contributed by atoms with Gasteiger partial charge in [-0.3, -0.25) is 4.79 Å². The molecule has 1 fully saturated rings. The summed E-state index contributed by atoms with van der Waals surface area (Å²) >= 11 is 0. The Morgan fingerprint density at radius 3 is 2.67 bits per heavy atom. The van der Waals surface area contributed by atoms with Gasteiger partial charge in [0.2, 0.25) is 5.91 Å². The number of rotatable bonds is 3. The molecule has 3 amide bonds. The van der Waals surface area contributed by atoms with Crippen molar-refractivity contribution in [3.63, 3.8) is 0 Å². The molecule has 3 rings (SSSR count). The molecule has 1 heterocycles. The molecule has 6 heteroatoms. The second-order valence-electron chi connectivity index (χ2n) is 5.85. The number of carbonyl (C=O) groups excluding carboxylic acids is 2. The number of amides is 3. The summed E-state index contributed by atoms with van der Waals surface area (Å²) in [4.78, 5) is 25.8. The Morgan fingerprint density at radius 1 is 1.21 bits per heavy atom. The lowest BCUT2D eigenvalue weighted by molar-refractivity contribution is -0.117. The Kier molecular flexibility index (Phi) is 4.46. The van der Waals surface area contributed by atoms with Crippen LogP contribution in [-0.2, 0) is 4.79 Å². The van der Waals surface area contributed by atoms with Gasteiger partial charge in [-0.05, 0) is 37.3 Å². The zero-order valence-electron chi connectivity index (χ0n) is 13.3. The smallest absolute Gasteiger partial charge is 0.319 e. The molecule has 2 aromatic carbocycles. The van der Waals surface area contributed by atoms with Crippen molar-refractivity contribution >= 4 is 23.3 Å². The molecule has 0 spiro atoms. The number of nitrogens with zero attached hydrogens (tertiary/aromatic N) is 1. The van der Waals surface area contributed by atoms with E-state index in [-0.39, 0.29) is 18.4 Å². The number of aryl methyl sites for hydroxylation is 1. The first-order valence-corrected chi connectivity index (χ1v) is 7.71. The van der Waals surface area contributed by atoms with Crippen LogP contribution in [0.1, 0.15) is 12.0 Å². The van der Waals surface area contributed by atoms with Crippen LogP contribution in [0.25, 0.3) is 0 Å². The van der Waals surface area contributed by atoms with E-state index in [1.54, 1.807) is 11.0 Å². The van der Waals surface area contributed by atoms with Crippen LogP contribution >= 0.6 is 0 Å². The second-order valence-corrected chi connectivity index (χ2v) is 5.85. The topological polar surface area (TPSA) is 61.4 Å². The molecule has 2 N–H and O–H groups in total. The van der Waals surface area contributed by atoms with E-state index in [4.69, 9.17) is 0 Å². The van der Waals surface area contributed by atoms with E-state index in [0.717, 1.165) is 11.3 Å². The largest absolute Gasteiger partial charge is 0.333 e. The Bertz CT molecular complexity index is 761. The zero-order chi connectivity index (χ0) is 17.1. The number of halogens is 1. The monoisotopic (exact) mass is 327 g/mol. The Hall–Kier alpha value is -2.89. The van der Waals surface area contributed by atoms with Crippen LogP contribution in [0, 0.1) is 12.7 Å². The van der Waals surface area contributed by atoms with Crippen molar-refractivity contribution in [3.05, 3.63) is 59.9 Å². The molecular formula is C18H18FN3O2. The maximum Gasteiger partial charge on any atom is 0.319 e. The van der Waals surface area contributed by atoms with Crippen molar-refractivity contribution in [3.8, 4) is 0 Å². The van der Waals surface area contributed by atoms with Gasteiger partial charge in [0, 0.05) is 24.3 Å². The average molecular weight is 327 g/mol. The molecule has 0 unspecified atom stereocenters. The Balaban J connectivity index is 1.59. The SMILES string of the molecule is Cc1ccc(N2C[C@H](NC(=O)Nc3cccc(F)c3)CC2=O)cc1. The molecule has 0 bridgehead atoms. The molecule has 0 radical (unpaired) electrons. The molecule has 24 heavy (non-hydrogen) atoms. The zero-order valence-corrected chi connectivity index (χ0v) is 13.3. The van der Waals surface area contributed by atoms with Crippen molar-refractivity contribution in [2.24, 2.45) is 0 Å². The minimum Gasteiger partial charge on any atom is -0.333 e. The molecule has 124 valence electrons. The maximum atomic E-state index is 13.1. The molecule has 1 atom stereocenters. The van der Waals surface area contributed by atoms with Crippen molar-refractivity contribution in [2.75, 3.05) is 16.8 Å². The summed E-state index contributed by atoms with van der Waals surface area (Å²) in [6.07, 6.45) is 0.241. The van der Waals surface area contributed by atoms with Gasteiger partial charge >= 0.3 is 6.03 Å². The highest BCUT2D eigenvalue weighted by molar-refractivity contribution is 5.97. The predicted octanol–water partition coefficient (Wildman–Crippen LogP) is 3.06. The van der Waals surface area contributed by atoms with Crippen molar-refractivity contribution < 1.29 is 14.0 Å². The average Bonchev–Trinajstić information content (AvgIpc) is 2.88. The van der Waals surface area contributed by atoms with E-state index in [1.807, 2.05) is 31.2 Å². The number of urea groups is 1. The highest BCUT2D eigenvalue weighted by Crippen LogP contribution is 2.22. The molecule has 0 aromatic heterocycles. The van der Waals surface area contributed by atoms with E-state index in [2.05, 4.69) is 10.6 Å². The van der Waals surface area contributed by atoms with Crippen LogP contribution in [0.3, 0.4) is 0 Å². The van der Waals surface area contributed by atoms with Gasteiger partial charge in [0.1, 0.15) is 5.82 Å². The van der Waals surface area contributed by atoms with Gasteiger partial charge in [-0.2, -0.15) is 0 Å². The number of nitrogens with one attached hydrogen (secondary N) is 2. The van der Waals surface area contributed by atoms with E-state index in [9.17, 15) is 14.0 Å². The first-order valence-electron chi connectivity index (χ1n) is 7.71. The van der Waals surface area contributed by atoms with Crippen LogP contribution in [0.5, 0.6) is 0 Å². The van der Waals surface area contributed by atoms with Crippen LogP contribution in [0.2, 0.25) is 0 Å². The molecule has 0 aliphatic carbocycles. The fraction of sp³-hybridized carbons (Fsp3) is 0.222. The second kappa shape index (κ2) is 6.70. The molecular weight excluding hydrogens is 309 g/mol. The van der Waals surface area contributed by atoms with Crippen LogP contribution in [0.15, 0.2) is 48.5 Å². The van der Waals surface area contributed by atoms with Crippen LogP contribution in [-0.4, -0.2) is 24.5 Å².